The van der Waals surface area contributed by atoms with Crippen molar-refractivity contribution >= 4 is 5.91 Å². The summed E-state index contributed by atoms with van der Waals surface area (Å²) in [5.41, 5.74) is 0. The quantitative estimate of drug-likeness (QED) is 0.806. The van der Waals surface area contributed by atoms with Crippen molar-refractivity contribution in [2.45, 2.75) is 32.2 Å². The molecular weight excluding hydrogens is 278 g/mol. The zero-order valence-corrected chi connectivity index (χ0v) is 13.0. The zero-order valence-electron chi connectivity index (χ0n) is 13.0. The van der Waals surface area contributed by atoms with Gasteiger partial charge in [0.25, 0.3) is 0 Å². The van der Waals surface area contributed by atoms with Gasteiger partial charge in [-0.1, -0.05) is 19.1 Å². The third-order valence-electron chi connectivity index (χ3n) is 5.37. The Bertz CT molecular complexity index is 591. The van der Waals surface area contributed by atoms with Crippen LogP contribution < -0.4 is 0 Å². The molecule has 1 saturated heterocycles. The Morgan fingerprint density at radius 2 is 2.23 bits per heavy atom. The molecule has 0 radical (unpaired) electrons. The van der Waals surface area contributed by atoms with Crippen LogP contribution in [-0.2, 0) is 16.0 Å². The number of fused-ring (bicyclic) bond motifs is 2. The minimum atomic E-state index is -0.0651. The Morgan fingerprint density at radius 3 is 2.91 bits per heavy atom. The molecule has 4 heteroatoms. The van der Waals surface area contributed by atoms with E-state index >= 15 is 0 Å². The fourth-order valence-corrected chi connectivity index (χ4v) is 4.14. The van der Waals surface area contributed by atoms with Crippen LogP contribution in [0.5, 0.6) is 0 Å². The third-order valence-corrected chi connectivity index (χ3v) is 5.37. The molecule has 118 valence electrons. The highest BCUT2D eigenvalue weighted by Gasteiger charge is 2.43. The molecule has 2 bridgehead atoms. The highest BCUT2D eigenvalue weighted by Crippen LogP contribution is 2.45. The standard InChI is InChI=1S/C18H23NO3/c1-2-14-5-6-17(22-14)16-11-21-8-7-19(16)18(20)15-10-12-3-4-13(15)9-12/h3-6,12-13,15-16H,2,7-11H2,1H3/t12-,13-,15-,16+/m0/s1. The Labute approximate surface area is 131 Å². The van der Waals surface area contributed by atoms with Crippen LogP contribution in [0.2, 0.25) is 0 Å². The molecule has 0 spiro atoms. The average Bonchev–Trinajstić information content (AvgIpc) is 3.30. The van der Waals surface area contributed by atoms with Crippen LogP contribution in [0.25, 0.3) is 0 Å². The molecule has 1 aromatic rings. The van der Waals surface area contributed by atoms with Gasteiger partial charge in [-0.05, 0) is 36.8 Å². The first-order chi connectivity index (χ1) is 10.8. The molecule has 2 aliphatic carbocycles. The third kappa shape index (κ3) is 2.30. The molecule has 0 N–H and O–H groups in total. The molecule has 0 unspecified atom stereocenters. The number of carbonyl (C=O) groups is 1. The molecule has 3 aliphatic rings. The lowest BCUT2D eigenvalue weighted by Crippen LogP contribution is -2.46. The van der Waals surface area contributed by atoms with Gasteiger partial charge in [0.05, 0.1) is 13.2 Å². The number of nitrogens with zero attached hydrogens (tertiary/aromatic N) is 1. The number of aryl methyl sites for hydroxylation is 1. The van der Waals surface area contributed by atoms with Crippen molar-refractivity contribution in [3.8, 4) is 0 Å². The molecule has 1 aliphatic heterocycles. The van der Waals surface area contributed by atoms with Gasteiger partial charge in [-0.3, -0.25) is 4.79 Å². The van der Waals surface area contributed by atoms with Crippen LogP contribution in [0.4, 0.5) is 0 Å². The number of morpholine rings is 1. The molecule has 4 nitrogen and oxygen atoms in total. The van der Waals surface area contributed by atoms with Crippen molar-refractivity contribution < 1.29 is 13.9 Å². The number of hydrogen-bond donors (Lipinski definition) is 0. The zero-order chi connectivity index (χ0) is 15.1. The van der Waals surface area contributed by atoms with E-state index in [0.29, 0.717) is 37.5 Å². The maximum atomic E-state index is 13.0. The first-order valence-electron chi connectivity index (χ1n) is 8.41. The van der Waals surface area contributed by atoms with Crippen molar-refractivity contribution in [3.63, 3.8) is 0 Å². The predicted molar refractivity (Wildman–Crippen MR) is 82.2 cm³/mol. The van der Waals surface area contributed by atoms with Crippen LogP contribution in [-0.4, -0.2) is 30.6 Å². The van der Waals surface area contributed by atoms with Crippen molar-refractivity contribution in [3.05, 3.63) is 35.8 Å². The Morgan fingerprint density at radius 1 is 1.32 bits per heavy atom. The number of hydrogen-bond acceptors (Lipinski definition) is 3. The minimum Gasteiger partial charge on any atom is -0.464 e. The van der Waals surface area contributed by atoms with E-state index < -0.39 is 0 Å². The topological polar surface area (TPSA) is 42.7 Å². The summed E-state index contributed by atoms with van der Waals surface area (Å²) >= 11 is 0. The van der Waals surface area contributed by atoms with Crippen LogP contribution in [0.3, 0.4) is 0 Å². The summed E-state index contributed by atoms with van der Waals surface area (Å²) in [6.45, 7) is 3.91. The van der Waals surface area contributed by atoms with Gasteiger partial charge in [-0.15, -0.1) is 0 Å². The summed E-state index contributed by atoms with van der Waals surface area (Å²) in [7, 11) is 0. The summed E-state index contributed by atoms with van der Waals surface area (Å²) in [4.78, 5) is 15.0. The van der Waals surface area contributed by atoms with Crippen LogP contribution in [0.1, 0.15) is 37.3 Å². The fourth-order valence-electron chi connectivity index (χ4n) is 4.14. The molecular formula is C18H23NO3. The highest BCUT2D eigenvalue weighted by molar-refractivity contribution is 5.80. The first-order valence-corrected chi connectivity index (χ1v) is 8.41. The summed E-state index contributed by atoms with van der Waals surface area (Å²) in [5.74, 6) is 3.35. The van der Waals surface area contributed by atoms with Gasteiger partial charge in [-0.2, -0.15) is 0 Å². The van der Waals surface area contributed by atoms with Gasteiger partial charge in [0.2, 0.25) is 5.91 Å². The number of allylic oxidation sites excluding steroid dienone is 2. The molecule has 4 atom stereocenters. The molecule has 2 fully saturated rings. The van der Waals surface area contributed by atoms with E-state index in [1.165, 1.54) is 0 Å². The van der Waals surface area contributed by atoms with E-state index in [1.807, 2.05) is 17.0 Å². The Balaban J connectivity index is 1.55. The molecule has 0 aromatic carbocycles. The largest absolute Gasteiger partial charge is 0.464 e. The SMILES string of the molecule is CCc1ccc([C@H]2COCCN2C(=O)[C@H]2C[C@H]3C=C[C@H]2C3)o1. The molecule has 1 aromatic heterocycles. The Kier molecular flexibility index (Phi) is 3.57. The van der Waals surface area contributed by atoms with Gasteiger partial charge < -0.3 is 14.1 Å². The van der Waals surface area contributed by atoms with Gasteiger partial charge in [0, 0.05) is 18.9 Å². The van der Waals surface area contributed by atoms with E-state index in [1.54, 1.807) is 0 Å². The smallest absolute Gasteiger partial charge is 0.227 e. The van der Waals surface area contributed by atoms with Crippen LogP contribution in [0.15, 0.2) is 28.7 Å². The van der Waals surface area contributed by atoms with Crippen molar-refractivity contribution in [1.29, 1.82) is 0 Å². The average molecular weight is 301 g/mol. The molecule has 1 amide bonds. The van der Waals surface area contributed by atoms with Crippen molar-refractivity contribution in [2.24, 2.45) is 17.8 Å². The number of carbonyl (C=O) groups excluding carboxylic acids is 1. The normalized spacial score (nSPS) is 33.6. The summed E-state index contributed by atoms with van der Waals surface area (Å²) in [5, 5.41) is 0. The lowest BCUT2D eigenvalue weighted by Gasteiger charge is -2.37. The van der Waals surface area contributed by atoms with E-state index in [2.05, 4.69) is 19.1 Å². The maximum absolute atomic E-state index is 13.0. The molecule has 2 heterocycles. The van der Waals surface area contributed by atoms with E-state index in [0.717, 1.165) is 30.8 Å². The summed E-state index contributed by atoms with van der Waals surface area (Å²) in [6, 6.07) is 3.94. The number of ether oxygens (including phenoxy) is 1. The number of amides is 1. The fraction of sp³-hybridized carbons (Fsp3) is 0.611. The first kappa shape index (κ1) is 14.1. The second-order valence-corrected chi connectivity index (χ2v) is 6.67. The van der Waals surface area contributed by atoms with Gasteiger partial charge in [-0.25, -0.2) is 0 Å². The highest BCUT2D eigenvalue weighted by atomic mass is 16.5. The maximum Gasteiger partial charge on any atom is 0.227 e. The number of furan rings is 1. The Hall–Kier alpha value is -1.55. The molecule has 1 saturated carbocycles. The second-order valence-electron chi connectivity index (χ2n) is 6.67. The van der Waals surface area contributed by atoms with Crippen LogP contribution >= 0.6 is 0 Å². The monoisotopic (exact) mass is 301 g/mol. The van der Waals surface area contributed by atoms with E-state index in [9.17, 15) is 4.79 Å². The van der Waals surface area contributed by atoms with Gasteiger partial charge >= 0.3 is 0 Å². The molecule has 4 rings (SSSR count). The summed E-state index contributed by atoms with van der Waals surface area (Å²) < 4.78 is 11.5. The van der Waals surface area contributed by atoms with E-state index in [-0.39, 0.29) is 12.0 Å². The lowest BCUT2D eigenvalue weighted by molar-refractivity contribution is -0.146. The minimum absolute atomic E-state index is 0.0651. The predicted octanol–water partition coefficient (Wildman–Crippen LogP) is 2.95. The van der Waals surface area contributed by atoms with Gasteiger partial charge in [0.1, 0.15) is 17.6 Å². The molecule has 22 heavy (non-hydrogen) atoms. The van der Waals surface area contributed by atoms with Crippen molar-refractivity contribution in [1.82, 2.24) is 4.90 Å². The van der Waals surface area contributed by atoms with Crippen molar-refractivity contribution in [2.75, 3.05) is 19.8 Å². The number of rotatable bonds is 3. The van der Waals surface area contributed by atoms with E-state index in [4.69, 9.17) is 9.15 Å². The van der Waals surface area contributed by atoms with Crippen LogP contribution in [0, 0.1) is 17.8 Å². The second kappa shape index (κ2) is 5.58. The van der Waals surface area contributed by atoms with Gasteiger partial charge in [0.15, 0.2) is 0 Å². The summed E-state index contributed by atoms with van der Waals surface area (Å²) in [6.07, 6.45) is 7.58. The lowest BCUT2D eigenvalue weighted by atomic mass is 9.91.